The number of aliphatic hydroxyl groups is 1. The normalized spacial score (nSPS) is 36.7. The van der Waals surface area contributed by atoms with Crippen LogP contribution in [0.4, 0.5) is 0 Å². The molecule has 0 heterocycles. The van der Waals surface area contributed by atoms with Crippen LogP contribution in [0.1, 0.15) is 25.7 Å². The third-order valence-electron chi connectivity index (χ3n) is 2.07. The van der Waals surface area contributed by atoms with Crippen LogP contribution in [0.15, 0.2) is 0 Å². The van der Waals surface area contributed by atoms with Crippen LogP contribution in [0.25, 0.3) is 0 Å². The summed E-state index contributed by atoms with van der Waals surface area (Å²) in [4.78, 5) is 0. The minimum atomic E-state index is -0.115. The summed E-state index contributed by atoms with van der Waals surface area (Å²) in [6.07, 6.45) is 4.38. The first-order chi connectivity index (χ1) is 4.34. The van der Waals surface area contributed by atoms with Crippen molar-refractivity contribution in [2.75, 3.05) is 5.88 Å². The first kappa shape index (κ1) is 7.36. The Morgan fingerprint density at radius 1 is 1.33 bits per heavy atom. The van der Waals surface area contributed by atoms with Crippen molar-refractivity contribution in [2.24, 2.45) is 5.92 Å². The molecule has 1 rings (SSSR count). The van der Waals surface area contributed by atoms with Crippen molar-refractivity contribution in [3.63, 3.8) is 0 Å². The smallest absolute Gasteiger partial charge is 0.0579 e. The first-order valence-electron chi connectivity index (χ1n) is 3.58. The van der Waals surface area contributed by atoms with Crippen molar-refractivity contribution >= 4 is 11.6 Å². The number of hydrogen-bond donors (Lipinski definition) is 1. The molecule has 0 amide bonds. The van der Waals surface area contributed by atoms with E-state index in [0.717, 1.165) is 12.8 Å². The van der Waals surface area contributed by atoms with Crippen LogP contribution in [0.5, 0.6) is 0 Å². The predicted molar refractivity (Wildman–Crippen MR) is 38.7 cm³/mol. The summed E-state index contributed by atoms with van der Waals surface area (Å²) < 4.78 is 0. The fraction of sp³-hybridized carbons (Fsp3) is 1.00. The molecule has 0 bridgehead atoms. The maximum atomic E-state index is 9.28. The van der Waals surface area contributed by atoms with Gasteiger partial charge in [0.1, 0.15) is 0 Å². The topological polar surface area (TPSA) is 20.2 Å². The molecule has 2 heteroatoms. The van der Waals surface area contributed by atoms with Gasteiger partial charge >= 0.3 is 0 Å². The van der Waals surface area contributed by atoms with E-state index in [0.29, 0.717) is 11.8 Å². The van der Waals surface area contributed by atoms with Gasteiger partial charge in [0.15, 0.2) is 0 Å². The Bertz CT molecular complexity index is 85.0. The van der Waals surface area contributed by atoms with E-state index in [9.17, 15) is 5.11 Å². The highest BCUT2D eigenvalue weighted by atomic mass is 35.5. The second-order valence-corrected chi connectivity index (χ2v) is 3.07. The van der Waals surface area contributed by atoms with Crippen LogP contribution in [0, 0.1) is 5.92 Å². The Balaban J connectivity index is 2.30. The van der Waals surface area contributed by atoms with Crippen molar-refractivity contribution in [3.8, 4) is 0 Å². The average Bonchev–Trinajstić information content (AvgIpc) is 1.89. The molecule has 1 aliphatic carbocycles. The molecule has 1 aliphatic rings. The van der Waals surface area contributed by atoms with Crippen LogP contribution in [0.3, 0.4) is 0 Å². The highest BCUT2D eigenvalue weighted by Crippen LogP contribution is 2.24. The average molecular weight is 149 g/mol. The van der Waals surface area contributed by atoms with Crippen LogP contribution in [-0.2, 0) is 0 Å². The third-order valence-corrected chi connectivity index (χ3v) is 2.46. The maximum Gasteiger partial charge on any atom is 0.0579 e. The first-order valence-corrected chi connectivity index (χ1v) is 4.12. The lowest BCUT2D eigenvalue weighted by Crippen LogP contribution is -2.25. The molecule has 1 nitrogen and oxygen atoms in total. The number of halogens is 1. The van der Waals surface area contributed by atoms with E-state index in [-0.39, 0.29) is 6.10 Å². The summed E-state index contributed by atoms with van der Waals surface area (Å²) in [5, 5.41) is 9.28. The van der Waals surface area contributed by atoms with Crippen LogP contribution >= 0.6 is 11.6 Å². The molecule has 0 unspecified atom stereocenters. The molecule has 54 valence electrons. The van der Waals surface area contributed by atoms with Crippen LogP contribution in [-0.4, -0.2) is 17.1 Å². The summed E-state index contributed by atoms with van der Waals surface area (Å²) in [5.74, 6) is 1.00. The van der Waals surface area contributed by atoms with Crippen molar-refractivity contribution in [3.05, 3.63) is 0 Å². The van der Waals surface area contributed by atoms with Gasteiger partial charge in [0, 0.05) is 5.88 Å². The van der Waals surface area contributed by atoms with Gasteiger partial charge < -0.3 is 5.11 Å². The Morgan fingerprint density at radius 2 is 2.00 bits per heavy atom. The number of aliphatic hydroxyl groups excluding tert-OH is 1. The molecule has 1 fully saturated rings. The summed E-state index contributed by atoms with van der Waals surface area (Å²) in [7, 11) is 0. The van der Waals surface area contributed by atoms with E-state index in [1.54, 1.807) is 0 Å². The molecule has 0 aromatic carbocycles. The Morgan fingerprint density at radius 3 is 2.44 bits per heavy atom. The van der Waals surface area contributed by atoms with Crippen molar-refractivity contribution in [1.82, 2.24) is 0 Å². The van der Waals surface area contributed by atoms with E-state index in [1.165, 1.54) is 12.8 Å². The highest BCUT2D eigenvalue weighted by molar-refractivity contribution is 6.18. The van der Waals surface area contributed by atoms with Crippen LogP contribution < -0.4 is 0 Å². The van der Waals surface area contributed by atoms with Gasteiger partial charge in [0.25, 0.3) is 0 Å². The van der Waals surface area contributed by atoms with Gasteiger partial charge in [-0.2, -0.15) is 0 Å². The zero-order valence-corrected chi connectivity index (χ0v) is 6.27. The summed E-state index contributed by atoms with van der Waals surface area (Å²) >= 11 is 5.62. The molecule has 0 aliphatic heterocycles. The Hall–Kier alpha value is 0.250. The second-order valence-electron chi connectivity index (χ2n) is 2.77. The molecule has 2 atom stereocenters. The van der Waals surface area contributed by atoms with E-state index in [4.69, 9.17) is 11.6 Å². The molecule has 0 spiro atoms. The standard InChI is InChI=1S/C7H13ClO/c8-5-6-3-1-2-4-7(6)9/h6-7,9H,1-5H2/t6-,7+/m1/s1. The molecular weight excluding hydrogens is 136 g/mol. The molecular formula is C7H13ClO. The minimum Gasteiger partial charge on any atom is -0.393 e. The van der Waals surface area contributed by atoms with Crippen LogP contribution in [0.2, 0.25) is 0 Å². The molecule has 1 saturated carbocycles. The van der Waals surface area contributed by atoms with Gasteiger partial charge in [0.05, 0.1) is 6.10 Å². The molecule has 0 aromatic rings. The molecule has 0 aromatic heterocycles. The highest BCUT2D eigenvalue weighted by Gasteiger charge is 2.21. The van der Waals surface area contributed by atoms with Gasteiger partial charge in [-0.3, -0.25) is 0 Å². The number of rotatable bonds is 1. The molecule has 1 N–H and O–H groups in total. The quantitative estimate of drug-likeness (QED) is 0.562. The van der Waals surface area contributed by atoms with E-state index in [2.05, 4.69) is 0 Å². The molecule has 9 heavy (non-hydrogen) atoms. The largest absolute Gasteiger partial charge is 0.393 e. The fourth-order valence-electron chi connectivity index (χ4n) is 1.37. The van der Waals surface area contributed by atoms with E-state index >= 15 is 0 Å². The summed E-state index contributed by atoms with van der Waals surface area (Å²) in [6, 6.07) is 0. The van der Waals surface area contributed by atoms with Crippen molar-refractivity contribution < 1.29 is 5.11 Å². The zero-order chi connectivity index (χ0) is 6.69. The zero-order valence-electron chi connectivity index (χ0n) is 5.52. The van der Waals surface area contributed by atoms with Gasteiger partial charge in [-0.25, -0.2) is 0 Å². The lowest BCUT2D eigenvalue weighted by Gasteiger charge is -2.25. The minimum absolute atomic E-state index is 0.115. The van der Waals surface area contributed by atoms with Crippen molar-refractivity contribution in [1.29, 1.82) is 0 Å². The monoisotopic (exact) mass is 148 g/mol. The summed E-state index contributed by atoms with van der Waals surface area (Å²) in [5.41, 5.74) is 0. The summed E-state index contributed by atoms with van der Waals surface area (Å²) in [6.45, 7) is 0. The Labute approximate surface area is 61.0 Å². The number of hydrogen-bond acceptors (Lipinski definition) is 1. The predicted octanol–water partition coefficient (Wildman–Crippen LogP) is 1.78. The maximum absolute atomic E-state index is 9.28. The fourth-order valence-corrected chi connectivity index (χ4v) is 1.73. The third kappa shape index (κ3) is 1.84. The number of alkyl halides is 1. The molecule has 0 saturated heterocycles. The van der Waals surface area contributed by atoms with Gasteiger partial charge in [0.2, 0.25) is 0 Å². The van der Waals surface area contributed by atoms with Gasteiger partial charge in [-0.15, -0.1) is 11.6 Å². The van der Waals surface area contributed by atoms with Gasteiger partial charge in [-0.1, -0.05) is 12.8 Å². The van der Waals surface area contributed by atoms with E-state index in [1.807, 2.05) is 0 Å². The second kappa shape index (κ2) is 3.43. The lowest BCUT2D eigenvalue weighted by molar-refractivity contribution is 0.0810. The van der Waals surface area contributed by atoms with E-state index < -0.39 is 0 Å². The molecule has 0 radical (unpaired) electrons. The Kier molecular flexibility index (Phi) is 2.80. The van der Waals surface area contributed by atoms with Gasteiger partial charge in [-0.05, 0) is 18.8 Å². The van der Waals surface area contributed by atoms with Crippen molar-refractivity contribution in [2.45, 2.75) is 31.8 Å². The lowest BCUT2D eigenvalue weighted by atomic mass is 9.88. The SMILES string of the molecule is O[C@H]1CCCC[C@@H]1CCl.